The number of nitrogens with zero attached hydrogens (tertiary/aromatic N) is 2. The number of anilines is 1. The fourth-order valence-corrected chi connectivity index (χ4v) is 4.89. The predicted octanol–water partition coefficient (Wildman–Crippen LogP) is 6.31. The van der Waals surface area contributed by atoms with E-state index >= 15 is 0 Å². The largest absolute Gasteiger partial charge is 0.495 e. The number of para-hydroxylation sites is 2. The fourth-order valence-electron chi connectivity index (χ4n) is 3.59. The molecule has 0 aliphatic carbocycles. The highest BCUT2D eigenvalue weighted by Crippen LogP contribution is 2.36. The van der Waals surface area contributed by atoms with E-state index in [1.807, 2.05) is 41.1 Å². The highest BCUT2D eigenvalue weighted by Gasteiger charge is 2.18. The lowest BCUT2D eigenvalue weighted by atomic mass is 10.2. The first-order valence-corrected chi connectivity index (χ1v) is 12.3. The molecule has 1 aliphatic rings. The Morgan fingerprint density at radius 1 is 1.11 bits per heavy atom. The topological polar surface area (TPSA) is 74.6 Å². The van der Waals surface area contributed by atoms with Gasteiger partial charge in [0, 0.05) is 28.5 Å². The van der Waals surface area contributed by atoms with Gasteiger partial charge in [0.1, 0.15) is 5.75 Å². The monoisotopic (exact) mass is 527 g/mol. The van der Waals surface area contributed by atoms with Gasteiger partial charge >= 0.3 is 0 Å². The molecule has 0 unspecified atom stereocenters. The Morgan fingerprint density at radius 3 is 2.77 bits per heavy atom. The maximum absolute atomic E-state index is 12.7. The summed E-state index contributed by atoms with van der Waals surface area (Å²) >= 11 is 13.8. The van der Waals surface area contributed by atoms with E-state index in [0.717, 1.165) is 11.3 Å². The smallest absolute Gasteiger partial charge is 0.234 e. The van der Waals surface area contributed by atoms with Crippen LogP contribution in [0.5, 0.6) is 17.2 Å². The number of fused-ring (bicyclic) bond motifs is 1. The Morgan fingerprint density at radius 2 is 1.94 bits per heavy atom. The zero-order chi connectivity index (χ0) is 24.4. The maximum atomic E-state index is 12.7. The molecule has 0 radical (unpaired) electrons. The Kier molecular flexibility index (Phi) is 6.77. The number of amides is 1. The Bertz CT molecular complexity index is 1410. The average Bonchev–Trinajstić information content (AvgIpc) is 3.49. The van der Waals surface area contributed by atoms with E-state index in [2.05, 4.69) is 5.32 Å². The van der Waals surface area contributed by atoms with E-state index in [0.29, 0.717) is 43.8 Å². The molecule has 3 aromatic carbocycles. The lowest BCUT2D eigenvalue weighted by molar-refractivity contribution is -0.113. The van der Waals surface area contributed by atoms with Crippen LogP contribution in [-0.4, -0.2) is 35.1 Å². The van der Waals surface area contributed by atoms with Crippen molar-refractivity contribution >= 4 is 46.6 Å². The number of rotatable bonds is 7. The minimum atomic E-state index is -0.186. The minimum Gasteiger partial charge on any atom is -0.495 e. The summed E-state index contributed by atoms with van der Waals surface area (Å²) in [7, 11) is 1.61. The van der Waals surface area contributed by atoms with E-state index in [4.69, 9.17) is 42.4 Å². The predicted molar refractivity (Wildman–Crippen MR) is 137 cm³/mol. The third-order valence-electron chi connectivity index (χ3n) is 5.21. The van der Waals surface area contributed by atoms with Crippen LogP contribution in [0.15, 0.2) is 72.0 Å². The summed E-state index contributed by atoms with van der Waals surface area (Å²) < 4.78 is 18.1. The number of thioether (sulfide) groups is 1. The van der Waals surface area contributed by atoms with Crippen molar-refractivity contribution in [2.24, 2.45) is 0 Å². The van der Waals surface area contributed by atoms with Crippen molar-refractivity contribution in [1.29, 1.82) is 0 Å². The molecule has 0 saturated heterocycles. The number of benzene rings is 3. The molecule has 0 bridgehead atoms. The molecule has 0 saturated carbocycles. The van der Waals surface area contributed by atoms with Crippen LogP contribution in [0.4, 0.5) is 5.69 Å². The van der Waals surface area contributed by atoms with Crippen LogP contribution in [-0.2, 0) is 4.79 Å². The van der Waals surface area contributed by atoms with Crippen LogP contribution in [0.2, 0.25) is 10.0 Å². The van der Waals surface area contributed by atoms with Crippen molar-refractivity contribution in [2.45, 2.75) is 5.16 Å². The van der Waals surface area contributed by atoms with Crippen molar-refractivity contribution in [3.05, 3.63) is 76.9 Å². The summed E-state index contributed by atoms with van der Waals surface area (Å²) in [6, 6.07) is 18.1. The van der Waals surface area contributed by atoms with Gasteiger partial charge in [-0.2, -0.15) is 0 Å². The van der Waals surface area contributed by atoms with Gasteiger partial charge in [0.25, 0.3) is 0 Å². The number of halogens is 2. The second-order valence-electron chi connectivity index (χ2n) is 7.48. The molecule has 1 aliphatic heterocycles. The minimum absolute atomic E-state index is 0.133. The second-order valence-corrected chi connectivity index (χ2v) is 9.27. The van der Waals surface area contributed by atoms with Crippen molar-refractivity contribution in [1.82, 2.24) is 9.55 Å². The zero-order valence-electron chi connectivity index (χ0n) is 18.5. The van der Waals surface area contributed by atoms with Crippen molar-refractivity contribution in [3.8, 4) is 34.2 Å². The molecule has 1 amide bonds. The first-order chi connectivity index (χ1) is 17.0. The number of nitrogens with one attached hydrogen (secondary N) is 1. The first-order valence-electron chi connectivity index (χ1n) is 10.5. The SMILES string of the molecule is COc1ccccc1-n1cc(-c2ccc(Cl)cc2Cl)nc1SCC(=O)Nc1ccc2c(c1)OCO2. The molecule has 7 nitrogen and oxygen atoms in total. The molecular weight excluding hydrogens is 509 g/mol. The molecule has 1 N–H and O–H groups in total. The summed E-state index contributed by atoms with van der Waals surface area (Å²) in [6.07, 6.45) is 1.87. The molecular formula is C25H19Cl2N3O4S. The second kappa shape index (κ2) is 10.1. The number of hydrogen-bond donors (Lipinski definition) is 1. The van der Waals surface area contributed by atoms with Crippen molar-refractivity contribution in [3.63, 3.8) is 0 Å². The van der Waals surface area contributed by atoms with Crippen LogP contribution < -0.4 is 19.5 Å². The molecule has 0 spiro atoms. The Hall–Kier alpha value is -3.33. The number of aromatic nitrogens is 2. The molecule has 5 rings (SSSR count). The molecule has 4 aromatic rings. The van der Waals surface area contributed by atoms with E-state index in [-0.39, 0.29) is 18.5 Å². The highest BCUT2D eigenvalue weighted by atomic mass is 35.5. The fraction of sp³-hybridized carbons (Fsp3) is 0.120. The van der Waals surface area contributed by atoms with Gasteiger partial charge in [-0.3, -0.25) is 9.36 Å². The lowest BCUT2D eigenvalue weighted by Gasteiger charge is -2.11. The van der Waals surface area contributed by atoms with Gasteiger partial charge in [-0.15, -0.1) is 0 Å². The standard InChI is InChI=1S/C25H19Cl2N3O4S/c1-32-21-5-3-2-4-20(21)30-12-19(17-8-6-15(26)10-18(17)27)29-25(30)35-13-24(31)28-16-7-9-22-23(11-16)34-14-33-22/h2-12H,13-14H2,1H3,(H,28,31). The molecule has 1 aromatic heterocycles. The highest BCUT2D eigenvalue weighted by molar-refractivity contribution is 7.99. The van der Waals surface area contributed by atoms with Gasteiger partial charge in [-0.05, 0) is 42.5 Å². The van der Waals surface area contributed by atoms with Gasteiger partial charge in [0.2, 0.25) is 12.7 Å². The zero-order valence-corrected chi connectivity index (χ0v) is 20.8. The van der Waals surface area contributed by atoms with E-state index in [9.17, 15) is 4.79 Å². The average molecular weight is 528 g/mol. The third kappa shape index (κ3) is 5.05. The van der Waals surface area contributed by atoms with Crippen LogP contribution in [0.1, 0.15) is 0 Å². The lowest BCUT2D eigenvalue weighted by Crippen LogP contribution is -2.14. The van der Waals surface area contributed by atoms with Gasteiger partial charge in [-0.25, -0.2) is 4.98 Å². The quantitative estimate of drug-likeness (QED) is 0.283. The van der Waals surface area contributed by atoms with Crippen molar-refractivity contribution in [2.75, 3.05) is 25.0 Å². The van der Waals surface area contributed by atoms with E-state index in [1.54, 1.807) is 37.4 Å². The number of imidazole rings is 1. The normalized spacial score (nSPS) is 12.0. The number of carbonyl (C=O) groups excluding carboxylic acids is 1. The first kappa shape index (κ1) is 23.4. The van der Waals surface area contributed by atoms with E-state index < -0.39 is 0 Å². The summed E-state index contributed by atoms with van der Waals surface area (Å²) in [4.78, 5) is 17.5. The summed E-state index contributed by atoms with van der Waals surface area (Å²) in [5.41, 5.74) is 2.80. The molecule has 2 heterocycles. The van der Waals surface area contributed by atoms with E-state index in [1.165, 1.54) is 11.8 Å². The van der Waals surface area contributed by atoms with Crippen LogP contribution in [0.3, 0.4) is 0 Å². The summed E-state index contributed by atoms with van der Waals surface area (Å²) in [5.74, 6) is 1.88. The van der Waals surface area contributed by atoms with Gasteiger partial charge in [-0.1, -0.05) is 47.1 Å². The maximum Gasteiger partial charge on any atom is 0.234 e. The number of hydrogen-bond acceptors (Lipinski definition) is 6. The molecule has 0 atom stereocenters. The van der Waals surface area contributed by atoms with Gasteiger partial charge in [0.15, 0.2) is 16.7 Å². The molecule has 10 heteroatoms. The summed E-state index contributed by atoms with van der Waals surface area (Å²) in [5, 5.41) is 4.52. The molecule has 35 heavy (non-hydrogen) atoms. The molecule has 178 valence electrons. The van der Waals surface area contributed by atoms with Crippen LogP contribution >= 0.6 is 35.0 Å². The third-order valence-corrected chi connectivity index (χ3v) is 6.71. The van der Waals surface area contributed by atoms with Crippen LogP contribution in [0.25, 0.3) is 16.9 Å². The molecule has 0 fully saturated rings. The van der Waals surface area contributed by atoms with Gasteiger partial charge < -0.3 is 19.5 Å². The Labute approximate surface area is 215 Å². The van der Waals surface area contributed by atoms with Gasteiger partial charge in [0.05, 0.1) is 29.3 Å². The number of ether oxygens (including phenoxy) is 3. The number of carbonyl (C=O) groups is 1. The Balaban J connectivity index is 1.41. The van der Waals surface area contributed by atoms with Crippen molar-refractivity contribution < 1.29 is 19.0 Å². The summed E-state index contributed by atoms with van der Waals surface area (Å²) in [6.45, 7) is 0.175. The van der Waals surface area contributed by atoms with Crippen LogP contribution in [0, 0.1) is 0 Å². The number of methoxy groups -OCH3 is 1.